The Hall–Kier alpha value is 0.180. The van der Waals surface area contributed by atoms with Gasteiger partial charge in [0.15, 0.2) is 0 Å². The predicted molar refractivity (Wildman–Crippen MR) is 59.1 cm³/mol. The molecule has 0 fully saturated rings. The Kier molecular flexibility index (Phi) is 2.08. The molecular weight excluding hydrogens is 184 g/mol. The van der Waals surface area contributed by atoms with Crippen LogP contribution in [0.25, 0.3) is 0 Å². The van der Waals surface area contributed by atoms with Gasteiger partial charge >= 0.3 is 0 Å². The molecule has 0 saturated heterocycles. The number of thioether (sulfide) groups is 2. The van der Waals surface area contributed by atoms with E-state index >= 15 is 0 Å². The Bertz CT molecular complexity index is 245. The molecule has 2 unspecified atom stereocenters. The van der Waals surface area contributed by atoms with Crippen molar-refractivity contribution in [1.29, 1.82) is 0 Å². The lowest BCUT2D eigenvalue weighted by Crippen LogP contribution is -2.16. The Morgan fingerprint density at radius 1 is 1.25 bits per heavy atom. The van der Waals surface area contributed by atoms with Crippen LogP contribution >= 0.6 is 23.5 Å². The van der Waals surface area contributed by atoms with E-state index in [9.17, 15) is 0 Å². The predicted octanol–water partition coefficient (Wildman–Crippen LogP) is 3.87. The molecule has 0 amide bonds. The minimum atomic E-state index is 0.349. The topological polar surface area (TPSA) is 0 Å². The van der Waals surface area contributed by atoms with Gasteiger partial charge in [0, 0.05) is 5.92 Å². The van der Waals surface area contributed by atoms with Crippen molar-refractivity contribution in [2.24, 2.45) is 11.3 Å². The first kappa shape index (κ1) is 8.76. The zero-order valence-corrected chi connectivity index (χ0v) is 9.34. The zero-order chi connectivity index (χ0) is 8.77. The van der Waals surface area contributed by atoms with Crippen molar-refractivity contribution in [3.63, 3.8) is 0 Å². The number of hydrogen-bond acceptors (Lipinski definition) is 2. The molecule has 66 valence electrons. The van der Waals surface area contributed by atoms with Crippen molar-refractivity contribution in [3.05, 3.63) is 22.5 Å². The van der Waals surface area contributed by atoms with Crippen LogP contribution < -0.4 is 0 Å². The summed E-state index contributed by atoms with van der Waals surface area (Å²) in [5.41, 5.74) is 1.96. The Labute approximate surface area is 82.9 Å². The van der Waals surface area contributed by atoms with Crippen molar-refractivity contribution in [1.82, 2.24) is 0 Å². The van der Waals surface area contributed by atoms with Crippen molar-refractivity contribution in [2.45, 2.75) is 25.4 Å². The first-order valence-corrected chi connectivity index (χ1v) is 6.16. The minimum absolute atomic E-state index is 0.349. The van der Waals surface area contributed by atoms with Gasteiger partial charge in [-0.3, -0.25) is 0 Å². The summed E-state index contributed by atoms with van der Waals surface area (Å²) in [4.78, 5) is 0. The van der Waals surface area contributed by atoms with Gasteiger partial charge in [0.05, 0.1) is 4.58 Å². The second-order valence-corrected chi connectivity index (χ2v) is 6.68. The normalized spacial score (nSPS) is 33.8. The van der Waals surface area contributed by atoms with Gasteiger partial charge in [-0.2, -0.15) is 0 Å². The molecule has 0 spiro atoms. The monoisotopic (exact) mass is 198 g/mol. The molecule has 2 aliphatic rings. The molecule has 0 N–H and O–H groups in total. The van der Waals surface area contributed by atoms with Crippen LogP contribution in [0.4, 0.5) is 0 Å². The third kappa shape index (κ3) is 1.35. The average molecular weight is 198 g/mol. The van der Waals surface area contributed by atoms with Crippen LogP contribution in [-0.2, 0) is 0 Å². The van der Waals surface area contributed by atoms with E-state index in [1.807, 2.05) is 23.5 Å². The molecule has 0 bridgehead atoms. The van der Waals surface area contributed by atoms with Crippen LogP contribution in [0.15, 0.2) is 22.5 Å². The summed E-state index contributed by atoms with van der Waals surface area (Å²) in [7, 11) is 0. The molecule has 0 radical (unpaired) electrons. The highest BCUT2D eigenvalue weighted by Crippen LogP contribution is 2.52. The van der Waals surface area contributed by atoms with E-state index in [0.717, 1.165) is 4.58 Å². The minimum Gasteiger partial charge on any atom is -0.119 e. The van der Waals surface area contributed by atoms with Gasteiger partial charge in [-0.05, 0) is 21.8 Å². The first-order chi connectivity index (χ1) is 5.59. The van der Waals surface area contributed by atoms with Gasteiger partial charge < -0.3 is 0 Å². The fourth-order valence-corrected chi connectivity index (χ4v) is 4.28. The van der Waals surface area contributed by atoms with Crippen LogP contribution in [-0.4, -0.2) is 4.58 Å². The molecule has 0 aromatic rings. The molecule has 0 aromatic carbocycles. The Morgan fingerprint density at radius 3 is 2.67 bits per heavy atom. The number of fused-ring (bicyclic) bond motifs is 1. The molecule has 0 aliphatic carbocycles. The highest BCUT2D eigenvalue weighted by atomic mass is 32.2. The van der Waals surface area contributed by atoms with Crippen LogP contribution in [0.1, 0.15) is 20.8 Å². The van der Waals surface area contributed by atoms with Gasteiger partial charge in [0.25, 0.3) is 0 Å². The van der Waals surface area contributed by atoms with Crippen molar-refractivity contribution < 1.29 is 0 Å². The highest BCUT2D eigenvalue weighted by molar-refractivity contribution is 8.20. The Balaban J connectivity index is 2.23. The van der Waals surface area contributed by atoms with Crippen LogP contribution in [0.2, 0.25) is 0 Å². The molecule has 0 aromatic heterocycles. The van der Waals surface area contributed by atoms with E-state index in [1.165, 1.54) is 0 Å². The van der Waals surface area contributed by atoms with E-state index in [0.29, 0.717) is 11.3 Å². The zero-order valence-electron chi connectivity index (χ0n) is 7.70. The second-order valence-electron chi connectivity index (χ2n) is 4.32. The van der Waals surface area contributed by atoms with Crippen LogP contribution in [0, 0.1) is 11.3 Å². The molecule has 2 heteroatoms. The molecule has 12 heavy (non-hydrogen) atoms. The summed E-state index contributed by atoms with van der Waals surface area (Å²) in [5, 5.41) is 4.62. The third-order valence-corrected chi connectivity index (χ3v) is 4.84. The average Bonchev–Trinajstić information content (AvgIpc) is 2.37. The number of allylic oxidation sites excluding steroid dienone is 2. The standard InChI is InChI=1S/C10H14S2/c1-10(2,3)8-6-12-9-7(8)4-5-11-9/h4-7,9H,1-3H3. The summed E-state index contributed by atoms with van der Waals surface area (Å²) in [6.07, 6.45) is 2.35. The summed E-state index contributed by atoms with van der Waals surface area (Å²) in [6, 6.07) is 0. The maximum absolute atomic E-state index is 2.37. The van der Waals surface area contributed by atoms with Crippen molar-refractivity contribution in [3.8, 4) is 0 Å². The number of hydrogen-bond donors (Lipinski definition) is 0. The van der Waals surface area contributed by atoms with Crippen molar-refractivity contribution in [2.75, 3.05) is 0 Å². The van der Waals surface area contributed by atoms with Gasteiger partial charge in [0.2, 0.25) is 0 Å². The SMILES string of the molecule is CC(C)(C)C1=CSC2SC=CC12. The molecule has 2 rings (SSSR count). The summed E-state index contributed by atoms with van der Waals surface area (Å²) in [5.74, 6) is 0.708. The summed E-state index contributed by atoms with van der Waals surface area (Å²) in [6.45, 7) is 6.91. The second kappa shape index (κ2) is 2.85. The molecule has 0 saturated carbocycles. The molecule has 0 nitrogen and oxygen atoms in total. The van der Waals surface area contributed by atoms with Crippen LogP contribution in [0.3, 0.4) is 0 Å². The fourth-order valence-electron chi connectivity index (χ4n) is 1.65. The molecule has 2 heterocycles. The quantitative estimate of drug-likeness (QED) is 0.579. The summed E-state index contributed by atoms with van der Waals surface area (Å²) < 4.78 is 0.749. The smallest absolute Gasteiger partial charge is 0.0685 e. The van der Waals surface area contributed by atoms with E-state index in [2.05, 4.69) is 37.7 Å². The van der Waals surface area contributed by atoms with E-state index in [-0.39, 0.29) is 0 Å². The lowest BCUT2D eigenvalue weighted by Gasteiger charge is -2.24. The molecule has 2 aliphatic heterocycles. The summed E-state index contributed by atoms with van der Waals surface area (Å²) >= 11 is 3.95. The maximum atomic E-state index is 2.37. The van der Waals surface area contributed by atoms with E-state index < -0.39 is 0 Å². The Morgan fingerprint density at radius 2 is 2.00 bits per heavy atom. The van der Waals surface area contributed by atoms with Gasteiger partial charge in [0.1, 0.15) is 0 Å². The number of rotatable bonds is 0. The van der Waals surface area contributed by atoms with Crippen LogP contribution in [0.5, 0.6) is 0 Å². The lowest BCUT2D eigenvalue weighted by molar-refractivity contribution is 0.466. The van der Waals surface area contributed by atoms with E-state index in [4.69, 9.17) is 0 Å². The maximum Gasteiger partial charge on any atom is 0.0685 e. The van der Waals surface area contributed by atoms with E-state index in [1.54, 1.807) is 5.57 Å². The third-order valence-electron chi connectivity index (χ3n) is 2.35. The van der Waals surface area contributed by atoms with Gasteiger partial charge in [-0.25, -0.2) is 0 Å². The van der Waals surface area contributed by atoms with Gasteiger partial charge in [-0.15, -0.1) is 23.5 Å². The van der Waals surface area contributed by atoms with Gasteiger partial charge in [-0.1, -0.05) is 26.8 Å². The highest BCUT2D eigenvalue weighted by Gasteiger charge is 2.36. The first-order valence-electron chi connectivity index (χ1n) is 4.27. The molecule has 2 atom stereocenters. The fraction of sp³-hybridized carbons (Fsp3) is 0.600. The largest absolute Gasteiger partial charge is 0.119 e. The van der Waals surface area contributed by atoms with Crippen molar-refractivity contribution >= 4 is 23.5 Å². The lowest BCUT2D eigenvalue weighted by atomic mass is 9.80. The molecular formula is C10H14S2.